The smallest absolute Gasteiger partial charge is 0.323 e. The van der Waals surface area contributed by atoms with Crippen molar-refractivity contribution in [2.45, 2.75) is 52.6 Å². The predicted octanol–water partition coefficient (Wildman–Crippen LogP) is 3.20. The lowest BCUT2D eigenvalue weighted by molar-refractivity contribution is -0.137. The van der Waals surface area contributed by atoms with Crippen molar-refractivity contribution < 1.29 is 19.5 Å². The first-order chi connectivity index (χ1) is 13.1. The highest BCUT2D eigenvalue weighted by Crippen LogP contribution is 2.46. The van der Waals surface area contributed by atoms with Gasteiger partial charge in [-0.3, -0.25) is 4.79 Å². The van der Waals surface area contributed by atoms with Gasteiger partial charge in [-0.25, -0.2) is 14.6 Å². The van der Waals surface area contributed by atoms with Crippen LogP contribution in [-0.4, -0.2) is 47.2 Å². The highest BCUT2D eigenvalue weighted by molar-refractivity contribution is 5.80. The van der Waals surface area contributed by atoms with E-state index in [-0.39, 0.29) is 30.0 Å². The fourth-order valence-corrected chi connectivity index (χ4v) is 4.51. The predicted molar refractivity (Wildman–Crippen MR) is 106 cm³/mol. The highest BCUT2D eigenvalue weighted by Gasteiger charge is 2.42. The Kier molecular flexibility index (Phi) is 6.97. The van der Waals surface area contributed by atoms with Crippen LogP contribution in [0.4, 0.5) is 4.79 Å². The molecule has 1 fully saturated rings. The van der Waals surface area contributed by atoms with Gasteiger partial charge in [0.25, 0.3) is 0 Å². The van der Waals surface area contributed by atoms with Crippen LogP contribution in [0.3, 0.4) is 0 Å². The third-order valence-corrected chi connectivity index (χ3v) is 5.13. The Hall–Kier alpha value is -2.66. The minimum Gasteiger partial charge on any atom is -0.480 e. The van der Waals surface area contributed by atoms with Gasteiger partial charge >= 0.3 is 12.0 Å². The molecule has 28 heavy (non-hydrogen) atoms. The second-order valence-electron chi connectivity index (χ2n) is 8.85. The number of aliphatic carboxylic acids is 1. The maximum absolute atomic E-state index is 12.9. The Labute approximate surface area is 165 Å². The van der Waals surface area contributed by atoms with Gasteiger partial charge in [0.1, 0.15) is 6.54 Å². The summed E-state index contributed by atoms with van der Waals surface area (Å²) >= 11 is 0. The molecule has 152 valence electrons. The lowest BCUT2D eigenvalue weighted by Crippen LogP contribution is -2.52. The zero-order valence-corrected chi connectivity index (χ0v) is 16.8. The molecular weight excluding hydrogens is 358 g/mol. The number of amides is 2. The molecule has 2 unspecified atom stereocenters. The summed E-state index contributed by atoms with van der Waals surface area (Å²) in [5.41, 5.74) is 0.627. The number of carbonyl (C=O) groups is 2. The van der Waals surface area contributed by atoms with Crippen LogP contribution in [0.15, 0.2) is 35.3 Å². The van der Waals surface area contributed by atoms with E-state index in [9.17, 15) is 19.5 Å². The number of carboxylic acids is 1. The number of hydrogen-bond donors (Lipinski definition) is 2. The van der Waals surface area contributed by atoms with Crippen LogP contribution in [0.1, 0.15) is 45.6 Å². The third-order valence-electron chi connectivity index (χ3n) is 5.13. The normalized spacial score (nSPS) is 23.3. The van der Waals surface area contributed by atoms with Crippen LogP contribution < -0.4 is 5.32 Å². The van der Waals surface area contributed by atoms with E-state index in [0.717, 1.165) is 18.4 Å². The van der Waals surface area contributed by atoms with Crippen molar-refractivity contribution in [1.29, 1.82) is 0 Å². The number of hydrogen-bond acceptors (Lipinski definition) is 4. The molecule has 0 aliphatic heterocycles. The van der Waals surface area contributed by atoms with Crippen molar-refractivity contribution in [3.8, 4) is 0 Å². The molecular formula is C21H29N3O4. The summed E-state index contributed by atoms with van der Waals surface area (Å²) in [4.78, 5) is 39.7. The van der Waals surface area contributed by atoms with Gasteiger partial charge in [0.05, 0.1) is 6.54 Å². The van der Waals surface area contributed by atoms with Crippen molar-refractivity contribution in [2.75, 3.05) is 13.1 Å². The SMILES string of the molecule is CC1(C)CC(NC(=O)N(CC(=O)O)Cc2ccccc2)CC(C)(CN=C=O)C1. The van der Waals surface area contributed by atoms with E-state index in [1.807, 2.05) is 30.3 Å². The molecule has 2 atom stereocenters. The number of urea groups is 1. The highest BCUT2D eigenvalue weighted by atomic mass is 16.4. The summed E-state index contributed by atoms with van der Waals surface area (Å²) in [5.74, 6) is -1.06. The molecule has 2 N–H and O–H groups in total. The third kappa shape index (κ3) is 6.50. The summed E-state index contributed by atoms with van der Waals surface area (Å²) in [7, 11) is 0. The van der Waals surface area contributed by atoms with E-state index in [4.69, 9.17) is 0 Å². The second kappa shape index (κ2) is 9.02. The monoisotopic (exact) mass is 387 g/mol. The lowest BCUT2D eigenvalue weighted by Gasteiger charge is -2.46. The topological polar surface area (TPSA) is 99.1 Å². The van der Waals surface area contributed by atoms with E-state index in [0.29, 0.717) is 13.0 Å². The fourth-order valence-electron chi connectivity index (χ4n) is 4.51. The summed E-state index contributed by atoms with van der Waals surface area (Å²) < 4.78 is 0. The zero-order chi connectivity index (χ0) is 20.8. The average molecular weight is 387 g/mol. The van der Waals surface area contributed by atoms with E-state index in [1.165, 1.54) is 4.90 Å². The Bertz CT molecular complexity index is 743. The first-order valence-corrected chi connectivity index (χ1v) is 9.47. The number of aliphatic imine (C=N–C) groups is 1. The molecule has 0 spiro atoms. The van der Waals surface area contributed by atoms with E-state index in [2.05, 4.69) is 31.1 Å². The summed E-state index contributed by atoms with van der Waals surface area (Å²) in [6, 6.07) is 8.80. The van der Waals surface area contributed by atoms with Gasteiger partial charge in [0, 0.05) is 12.6 Å². The molecule has 0 heterocycles. The van der Waals surface area contributed by atoms with Crippen LogP contribution in [0, 0.1) is 10.8 Å². The van der Waals surface area contributed by atoms with E-state index < -0.39 is 12.0 Å². The van der Waals surface area contributed by atoms with Crippen molar-refractivity contribution in [3.05, 3.63) is 35.9 Å². The molecule has 1 saturated carbocycles. The van der Waals surface area contributed by atoms with Crippen molar-refractivity contribution in [2.24, 2.45) is 15.8 Å². The van der Waals surface area contributed by atoms with Gasteiger partial charge in [-0.1, -0.05) is 51.1 Å². The maximum Gasteiger partial charge on any atom is 0.323 e. The number of isocyanates is 1. The minimum atomic E-state index is -1.06. The molecule has 0 bridgehead atoms. The minimum absolute atomic E-state index is 0.0274. The Morgan fingerprint density at radius 3 is 2.54 bits per heavy atom. The maximum atomic E-state index is 12.9. The van der Waals surface area contributed by atoms with Gasteiger partial charge in [-0.2, -0.15) is 0 Å². The first kappa shape index (κ1) is 21.6. The van der Waals surface area contributed by atoms with Gasteiger partial charge in [-0.15, -0.1) is 0 Å². The molecule has 0 saturated heterocycles. The average Bonchev–Trinajstić information content (AvgIpc) is 2.58. The van der Waals surface area contributed by atoms with Crippen LogP contribution in [-0.2, 0) is 16.1 Å². The second-order valence-corrected chi connectivity index (χ2v) is 8.85. The van der Waals surface area contributed by atoms with Crippen LogP contribution in [0.25, 0.3) is 0 Å². The van der Waals surface area contributed by atoms with Gasteiger partial charge in [0.2, 0.25) is 6.08 Å². The molecule has 7 heteroatoms. The number of benzene rings is 1. The number of nitrogens with one attached hydrogen (secondary N) is 1. The molecule has 1 aliphatic carbocycles. The number of carbonyl (C=O) groups excluding carboxylic acids is 2. The van der Waals surface area contributed by atoms with Crippen LogP contribution in [0.5, 0.6) is 0 Å². The first-order valence-electron chi connectivity index (χ1n) is 9.47. The number of carboxylic acid groups (broad SMARTS) is 1. The van der Waals surface area contributed by atoms with E-state index in [1.54, 1.807) is 6.08 Å². The standard InChI is InChI=1S/C21H29N3O4/c1-20(2)9-17(10-21(3,13-20)14-22-15-25)23-19(28)24(12-18(26)27)11-16-7-5-4-6-8-16/h4-8,17H,9-14H2,1-3H3,(H,23,28)(H,26,27). The van der Waals surface area contributed by atoms with Gasteiger partial charge in [0.15, 0.2) is 0 Å². The quantitative estimate of drug-likeness (QED) is 0.554. The number of rotatable bonds is 7. The molecule has 1 aromatic carbocycles. The fraction of sp³-hybridized carbons (Fsp3) is 0.571. The Balaban J connectivity index is 2.11. The molecule has 0 radical (unpaired) electrons. The van der Waals surface area contributed by atoms with Gasteiger partial charge < -0.3 is 15.3 Å². The Morgan fingerprint density at radius 1 is 1.25 bits per heavy atom. The Morgan fingerprint density at radius 2 is 1.93 bits per heavy atom. The van der Waals surface area contributed by atoms with Crippen molar-refractivity contribution in [1.82, 2.24) is 10.2 Å². The summed E-state index contributed by atoms with van der Waals surface area (Å²) in [6.07, 6.45) is 3.96. The van der Waals surface area contributed by atoms with Crippen molar-refractivity contribution >= 4 is 18.1 Å². The molecule has 2 amide bonds. The van der Waals surface area contributed by atoms with Gasteiger partial charge in [-0.05, 0) is 35.7 Å². The molecule has 1 aromatic rings. The number of nitrogens with zero attached hydrogens (tertiary/aromatic N) is 2. The van der Waals surface area contributed by atoms with E-state index >= 15 is 0 Å². The summed E-state index contributed by atoms with van der Waals surface area (Å²) in [6.45, 7) is 6.55. The molecule has 1 aliphatic rings. The van der Waals surface area contributed by atoms with Crippen molar-refractivity contribution in [3.63, 3.8) is 0 Å². The summed E-state index contributed by atoms with van der Waals surface area (Å²) in [5, 5.41) is 12.2. The zero-order valence-electron chi connectivity index (χ0n) is 16.8. The van der Waals surface area contributed by atoms with Crippen LogP contribution in [0.2, 0.25) is 0 Å². The lowest BCUT2D eigenvalue weighted by atomic mass is 9.62. The molecule has 0 aromatic heterocycles. The molecule has 7 nitrogen and oxygen atoms in total. The largest absolute Gasteiger partial charge is 0.480 e. The van der Waals surface area contributed by atoms with Crippen LogP contribution >= 0.6 is 0 Å². The molecule has 2 rings (SSSR count).